The molecule has 11 heteroatoms. The van der Waals surface area contributed by atoms with Gasteiger partial charge >= 0.3 is 5.97 Å². The highest BCUT2D eigenvalue weighted by Gasteiger charge is 2.25. The number of aromatic hydroxyl groups is 2. The van der Waals surface area contributed by atoms with Gasteiger partial charge in [-0.05, 0) is 36.0 Å². The molecule has 2 aromatic rings. The minimum Gasteiger partial charge on any atom is -0.507 e. The molecule has 0 bridgehead atoms. The Bertz CT molecular complexity index is 1080. The molecule has 1 aliphatic heterocycles. The summed E-state index contributed by atoms with van der Waals surface area (Å²) in [6, 6.07) is 7.10. The lowest BCUT2D eigenvalue weighted by atomic mass is 10.1. The van der Waals surface area contributed by atoms with Gasteiger partial charge in [0, 0.05) is 23.8 Å². The second-order valence-electron chi connectivity index (χ2n) is 5.49. The number of carbonyl (C=O) groups is 2. The first-order chi connectivity index (χ1) is 13.2. The lowest BCUT2D eigenvalue weighted by molar-refractivity contribution is -0.384. The van der Waals surface area contributed by atoms with E-state index in [0.717, 1.165) is 36.0 Å². The topological polar surface area (TPSA) is 162 Å². The molecule has 0 atom stereocenters. The predicted octanol–water partition coefficient (Wildman–Crippen LogP) is 2.60. The number of rotatable bonds is 4. The second kappa shape index (κ2) is 7.40. The smallest absolute Gasteiger partial charge is 0.339 e. The van der Waals surface area contributed by atoms with Gasteiger partial charge in [-0.3, -0.25) is 14.9 Å². The van der Waals surface area contributed by atoms with Crippen molar-refractivity contribution in [2.75, 3.05) is 0 Å². The van der Waals surface area contributed by atoms with Crippen molar-refractivity contribution in [3.8, 4) is 11.5 Å². The Kier molecular flexibility index (Phi) is 5.00. The highest BCUT2D eigenvalue weighted by Crippen LogP contribution is 2.32. The minimum atomic E-state index is -1.29. The number of phenolic OH excluding ortho intramolecular Hbond substituents is 1. The molecule has 0 saturated carbocycles. The van der Waals surface area contributed by atoms with Crippen molar-refractivity contribution in [1.29, 1.82) is 0 Å². The third kappa shape index (κ3) is 3.94. The molecule has 0 unspecified atom stereocenters. The van der Waals surface area contributed by atoms with Gasteiger partial charge in [0.2, 0.25) is 0 Å². The quantitative estimate of drug-likeness (QED) is 0.345. The summed E-state index contributed by atoms with van der Waals surface area (Å²) in [6.07, 6.45) is 1.29. The Labute approximate surface area is 161 Å². The normalized spacial score (nSPS) is 16.4. The summed E-state index contributed by atoms with van der Waals surface area (Å²) in [6.45, 7) is 0. The van der Waals surface area contributed by atoms with Crippen LogP contribution in [0.4, 0.5) is 11.4 Å². The molecular weight excluding hydrogens is 390 g/mol. The summed E-state index contributed by atoms with van der Waals surface area (Å²) in [7, 11) is 0. The van der Waals surface area contributed by atoms with E-state index < -0.39 is 22.5 Å². The van der Waals surface area contributed by atoms with Crippen LogP contribution in [-0.2, 0) is 4.79 Å². The molecule has 0 spiro atoms. The fourth-order valence-electron chi connectivity index (χ4n) is 2.28. The monoisotopic (exact) mass is 401 g/mol. The van der Waals surface area contributed by atoms with Gasteiger partial charge in [0.1, 0.15) is 17.1 Å². The Hall–Kier alpha value is -3.86. The molecule has 10 nitrogen and oxygen atoms in total. The fraction of sp³-hybridized carbons (Fsp3) is 0. The molecule has 0 radical (unpaired) electrons. The SMILES string of the molecule is O=C1NC(=Nc2ccc(C(=O)O)c(O)c2)S/C1=C\c1cc([N+](=O)[O-])ccc1O. The molecule has 1 saturated heterocycles. The van der Waals surface area contributed by atoms with Crippen molar-refractivity contribution in [2.45, 2.75) is 0 Å². The number of non-ortho nitro benzene ring substituents is 1. The summed E-state index contributed by atoms with van der Waals surface area (Å²) in [4.78, 5) is 37.5. The number of carboxylic acid groups (broad SMARTS) is 1. The summed E-state index contributed by atoms with van der Waals surface area (Å²) >= 11 is 0.919. The van der Waals surface area contributed by atoms with E-state index in [-0.39, 0.29) is 38.3 Å². The highest BCUT2D eigenvalue weighted by atomic mass is 32.2. The maximum Gasteiger partial charge on any atom is 0.339 e. The third-order valence-corrected chi connectivity index (χ3v) is 4.51. The number of aliphatic imine (C=N–C) groups is 1. The number of carboxylic acids is 1. The van der Waals surface area contributed by atoms with Crippen LogP contribution in [0.2, 0.25) is 0 Å². The van der Waals surface area contributed by atoms with Crippen LogP contribution in [-0.4, -0.2) is 37.3 Å². The van der Waals surface area contributed by atoms with E-state index in [1.54, 1.807) is 0 Å². The number of hydrogen-bond donors (Lipinski definition) is 4. The molecule has 3 rings (SSSR count). The summed E-state index contributed by atoms with van der Waals surface area (Å²) in [5, 5.41) is 41.9. The zero-order valence-electron chi connectivity index (χ0n) is 13.8. The average molecular weight is 401 g/mol. The summed E-state index contributed by atoms with van der Waals surface area (Å²) < 4.78 is 0. The number of amides is 1. The van der Waals surface area contributed by atoms with Gasteiger partial charge in [0.05, 0.1) is 15.5 Å². The van der Waals surface area contributed by atoms with Crippen molar-refractivity contribution in [3.05, 3.63) is 62.5 Å². The third-order valence-electron chi connectivity index (χ3n) is 3.60. The van der Waals surface area contributed by atoms with Crippen LogP contribution in [0.5, 0.6) is 11.5 Å². The number of nitro benzene ring substituents is 1. The standard InChI is InChI=1S/C17H11N3O7S/c21-12-4-2-10(20(26)27)5-8(12)6-14-15(23)19-17(28-14)18-9-1-3-11(16(24)25)13(22)7-9/h1-7,21-22H,(H,24,25)(H,18,19,23)/b14-6-. The highest BCUT2D eigenvalue weighted by molar-refractivity contribution is 8.18. The molecule has 1 fully saturated rings. The van der Waals surface area contributed by atoms with Crippen molar-refractivity contribution in [1.82, 2.24) is 5.32 Å². The van der Waals surface area contributed by atoms with E-state index in [1.807, 2.05) is 0 Å². The zero-order valence-corrected chi connectivity index (χ0v) is 14.6. The van der Waals surface area contributed by atoms with Gasteiger partial charge in [-0.15, -0.1) is 0 Å². The minimum absolute atomic E-state index is 0.0940. The van der Waals surface area contributed by atoms with Crippen molar-refractivity contribution in [3.63, 3.8) is 0 Å². The van der Waals surface area contributed by atoms with Crippen LogP contribution in [0, 0.1) is 10.1 Å². The van der Waals surface area contributed by atoms with Gasteiger partial charge in [-0.2, -0.15) is 0 Å². The number of nitrogens with zero attached hydrogens (tertiary/aromatic N) is 2. The van der Waals surface area contributed by atoms with Gasteiger partial charge in [-0.25, -0.2) is 9.79 Å². The molecule has 4 N–H and O–H groups in total. The van der Waals surface area contributed by atoms with E-state index >= 15 is 0 Å². The van der Waals surface area contributed by atoms with E-state index in [2.05, 4.69) is 10.3 Å². The van der Waals surface area contributed by atoms with Crippen molar-refractivity contribution >= 4 is 46.3 Å². The Balaban J connectivity index is 1.88. The first kappa shape index (κ1) is 18.9. The largest absolute Gasteiger partial charge is 0.507 e. The maximum absolute atomic E-state index is 12.1. The van der Waals surface area contributed by atoms with E-state index in [0.29, 0.717) is 0 Å². The van der Waals surface area contributed by atoms with Crippen molar-refractivity contribution in [2.24, 2.45) is 4.99 Å². The van der Waals surface area contributed by atoms with Crippen LogP contribution >= 0.6 is 11.8 Å². The molecule has 1 amide bonds. The molecule has 0 aromatic heterocycles. The first-order valence-corrected chi connectivity index (χ1v) is 8.39. The lowest BCUT2D eigenvalue weighted by Gasteiger charge is -2.01. The predicted molar refractivity (Wildman–Crippen MR) is 101 cm³/mol. The fourth-order valence-corrected chi connectivity index (χ4v) is 3.11. The van der Waals surface area contributed by atoms with Gasteiger partial charge in [0.25, 0.3) is 11.6 Å². The maximum atomic E-state index is 12.1. The molecule has 2 aromatic carbocycles. The number of hydrogen-bond acceptors (Lipinski definition) is 8. The van der Waals surface area contributed by atoms with Gasteiger partial charge in [-0.1, -0.05) is 0 Å². The van der Waals surface area contributed by atoms with Crippen LogP contribution in [0.25, 0.3) is 6.08 Å². The number of phenols is 2. The van der Waals surface area contributed by atoms with Crippen LogP contribution in [0.3, 0.4) is 0 Å². The van der Waals surface area contributed by atoms with E-state index in [4.69, 9.17) is 5.11 Å². The molecule has 0 aliphatic carbocycles. The number of amidine groups is 1. The zero-order chi connectivity index (χ0) is 20.4. The molecular formula is C17H11N3O7S. The number of benzene rings is 2. The van der Waals surface area contributed by atoms with Crippen LogP contribution in [0.15, 0.2) is 46.3 Å². The molecule has 1 aliphatic rings. The number of nitrogens with one attached hydrogen (secondary N) is 1. The Morgan fingerprint density at radius 1 is 1.18 bits per heavy atom. The Morgan fingerprint density at radius 2 is 1.93 bits per heavy atom. The van der Waals surface area contributed by atoms with E-state index in [9.17, 15) is 29.9 Å². The summed E-state index contributed by atoms with van der Waals surface area (Å²) in [5.41, 5.74) is -0.217. The van der Waals surface area contributed by atoms with E-state index in [1.165, 1.54) is 18.2 Å². The number of thioether (sulfide) groups is 1. The number of aromatic carboxylic acids is 1. The Morgan fingerprint density at radius 3 is 2.57 bits per heavy atom. The molecule has 28 heavy (non-hydrogen) atoms. The van der Waals surface area contributed by atoms with Crippen molar-refractivity contribution < 1.29 is 29.8 Å². The van der Waals surface area contributed by atoms with Crippen LogP contribution < -0.4 is 5.32 Å². The first-order valence-electron chi connectivity index (χ1n) is 7.58. The van der Waals surface area contributed by atoms with Gasteiger partial charge in [0.15, 0.2) is 5.17 Å². The lowest BCUT2D eigenvalue weighted by Crippen LogP contribution is -2.19. The molecule has 1 heterocycles. The number of carbonyl (C=O) groups excluding carboxylic acids is 1. The van der Waals surface area contributed by atoms with Crippen LogP contribution in [0.1, 0.15) is 15.9 Å². The summed E-state index contributed by atoms with van der Waals surface area (Å²) in [5.74, 6) is -2.52. The second-order valence-corrected chi connectivity index (χ2v) is 6.52. The van der Waals surface area contributed by atoms with Gasteiger partial charge < -0.3 is 20.6 Å². The molecule has 142 valence electrons. The average Bonchev–Trinajstić information content (AvgIpc) is 2.95. The number of nitro groups is 1.